The van der Waals surface area contributed by atoms with E-state index >= 15 is 0 Å². The topological polar surface area (TPSA) is 67.2 Å². The molecule has 0 bridgehead atoms. The highest BCUT2D eigenvalue weighted by Gasteiger charge is 2.39. The van der Waals surface area contributed by atoms with Gasteiger partial charge in [-0.05, 0) is 19.8 Å². The fourth-order valence-corrected chi connectivity index (χ4v) is 3.21. The Bertz CT molecular complexity index is 525. The predicted octanol–water partition coefficient (Wildman–Crippen LogP) is 0.786. The summed E-state index contributed by atoms with van der Waals surface area (Å²) in [6.07, 6.45) is 7.53. The van der Waals surface area contributed by atoms with Gasteiger partial charge in [-0.3, -0.25) is 14.3 Å². The number of carbonyl (C=O) groups is 2. The molecule has 0 aromatic carbocycles. The lowest BCUT2D eigenvalue weighted by Crippen LogP contribution is -2.62. The molecule has 3 rings (SSSR count). The maximum atomic E-state index is 12.6. The summed E-state index contributed by atoms with van der Waals surface area (Å²) in [7, 11) is 0. The maximum absolute atomic E-state index is 12.6. The molecule has 6 heteroatoms. The van der Waals surface area contributed by atoms with Crippen LogP contribution in [0.5, 0.6) is 0 Å². The SMILES string of the molecule is CCn1cc(C(=O)N2CC(=O)N[C@@H]3CCCC[C@@H]32)cn1. The van der Waals surface area contributed by atoms with E-state index in [9.17, 15) is 9.59 Å². The van der Waals surface area contributed by atoms with Crippen molar-refractivity contribution in [1.29, 1.82) is 0 Å². The van der Waals surface area contributed by atoms with E-state index < -0.39 is 0 Å². The summed E-state index contributed by atoms with van der Waals surface area (Å²) in [4.78, 5) is 26.2. The van der Waals surface area contributed by atoms with E-state index in [1.165, 1.54) is 0 Å². The molecule has 2 heterocycles. The van der Waals surface area contributed by atoms with Crippen molar-refractivity contribution in [2.75, 3.05) is 6.54 Å². The van der Waals surface area contributed by atoms with Gasteiger partial charge < -0.3 is 10.2 Å². The van der Waals surface area contributed by atoms with Crippen molar-refractivity contribution in [1.82, 2.24) is 20.0 Å². The van der Waals surface area contributed by atoms with Crippen LogP contribution in [0.25, 0.3) is 0 Å². The number of nitrogens with one attached hydrogen (secondary N) is 1. The second-order valence-corrected chi connectivity index (χ2v) is 5.54. The van der Waals surface area contributed by atoms with Crippen LogP contribution >= 0.6 is 0 Å². The number of fused-ring (bicyclic) bond motifs is 1. The third kappa shape index (κ3) is 2.30. The predicted molar refractivity (Wildman–Crippen MR) is 73.1 cm³/mol. The summed E-state index contributed by atoms with van der Waals surface area (Å²) >= 11 is 0. The minimum atomic E-state index is -0.0727. The number of rotatable bonds is 2. The lowest BCUT2D eigenvalue weighted by molar-refractivity contribution is -0.127. The Hall–Kier alpha value is -1.85. The molecular weight excluding hydrogens is 256 g/mol. The average Bonchev–Trinajstić information content (AvgIpc) is 2.94. The first-order valence-corrected chi connectivity index (χ1v) is 7.32. The summed E-state index contributed by atoms with van der Waals surface area (Å²) in [5.74, 6) is -0.124. The summed E-state index contributed by atoms with van der Waals surface area (Å²) in [5, 5.41) is 7.16. The molecule has 1 aliphatic carbocycles. The third-order valence-corrected chi connectivity index (χ3v) is 4.26. The highest BCUT2D eigenvalue weighted by molar-refractivity contribution is 5.97. The van der Waals surface area contributed by atoms with Crippen molar-refractivity contribution in [2.24, 2.45) is 0 Å². The van der Waals surface area contributed by atoms with E-state index in [0.29, 0.717) is 5.56 Å². The fraction of sp³-hybridized carbons (Fsp3) is 0.643. The molecule has 1 saturated carbocycles. The van der Waals surface area contributed by atoms with Gasteiger partial charge in [-0.15, -0.1) is 0 Å². The number of hydrogen-bond acceptors (Lipinski definition) is 3. The van der Waals surface area contributed by atoms with Gasteiger partial charge >= 0.3 is 0 Å². The van der Waals surface area contributed by atoms with Crippen LogP contribution < -0.4 is 5.32 Å². The maximum Gasteiger partial charge on any atom is 0.257 e. The molecule has 0 radical (unpaired) electrons. The van der Waals surface area contributed by atoms with Crippen molar-refractivity contribution in [3.63, 3.8) is 0 Å². The van der Waals surface area contributed by atoms with Crippen LogP contribution in [-0.2, 0) is 11.3 Å². The third-order valence-electron chi connectivity index (χ3n) is 4.26. The summed E-state index contributed by atoms with van der Waals surface area (Å²) in [6, 6.07) is 0.258. The first-order valence-electron chi connectivity index (χ1n) is 7.32. The Balaban J connectivity index is 1.82. The van der Waals surface area contributed by atoms with Crippen LogP contribution in [0, 0.1) is 0 Å². The molecular formula is C14H20N4O2. The number of amides is 2. The standard InChI is InChI=1S/C14H20N4O2/c1-2-17-8-10(7-15-17)14(20)18-9-13(19)16-11-5-3-4-6-12(11)18/h7-8,11-12H,2-6,9H2,1H3,(H,16,19)/t11-,12+/m1/s1. The molecule has 1 aliphatic heterocycles. The molecule has 2 aliphatic rings. The lowest BCUT2D eigenvalue weighted by atomic mass is 9.87. The van der Waals surface area contributed by atoms with Gasteiger partial charge in [-0.2, -0.15) is 5.10 Å². The monoisotopic (exact) mass is 276 g/mol. The minimum absolute atomic E-state index is 0.0515. The van der Waals surface area contributed by atoms with Gasteiger partial charge in [0.2, 0.25) is 5.91 Å². The highest BCUT2D eigenvalue weighted by atomic mass is 16.2. The molecule has 20 heavy (non-hydrogen) atoms. The molecule has 108 valence electrons. The Labute approximate surface area is 118 Å². The van der Waals surface area contributed by atoms with E-state index in [-0.39, 0.29) is 30.4 Å². The molecule has 1 aromatic rings. The fourth-order valence-electron chi connectivity index (χ4n) is 3.21. The zero-order valence-corrected chi connectivity index (χ0v) is 11.7. The quantitative estimate of drug-likeness (QED) is 0.868. The van der Waals surface area contributed by atoms with Crippen molar-refractivity contribution >= 4 is 11.8 Å². The summed E-state index contributed by atoms with van der Waals surface area (Å²) < 4.78 is 1.73. The zero-order chi connectivity index (χ0) is 14.1. The van der Waals surface area contributed by atoms with Crippen molar-refractivity contribution < 1.29 is 9.59 Å². The van der Waals surface area contributed by atoms with Crippen molar-refractivity contribution in [3.8, 4) is 0 Å². The molecule has 1 N–H and O–H groups in total. The Morgan fingerprint density at radius 2 is 2.25 bits per heavy atom. The highest BCUT2D eigenvalue weighted by Crippen LogP contribution is 2.26. The summed E-state index contributed by atoms with van der Waals surface area (Å²) in [6.45, 7) is 2.88. The number of hydrogen-bond donors (Lipinski definition) is 1. The average molecular weight is 276 g/mol. The minimum Gasteiger partial charge on any atom is -0.350 e. The van der Waals surface area contributed by atoms with Crippen LogP contribution in [0.4, 0.5) is 0 Å². The lowest BCUT2D eigenvalue weighted by Gasteiger charge is -2.43. The van der Waals surface area contributed by atoms with Crippen LogP contribution in [0.3, 0.4) is 0 Å². The number of nitrogens with zero attached hydrogens (tertiary/aromatic N) is 3. The van der Waals surface area contributed by atoms with Gasteiger partial charge in [0.1, 0.15) is 6.54 Å². The second kappa shape index (κ2) is 5.26. The molecule has 6 nitrogen and oxygen atoms in total. The number of carbonyl (C=O) groups excluding carboxylic acids is 2. The van der Waals surface area contributed by atoms with E-state index in [2.05, 4.69) is 10.4 Å². The molecule has 1 aromatic heterocycles. The van der Waals surface area contributed by atoms with Crippen LogP contribution in [0.1, 0.15) is 43.0 Å². The van der Waals surface area contributed by atoms with Gasteiger partial charge in [0.15, 0.2) is 0 Å². The largest absolute Gasteiger partial charge is 0.350 e. The van der Waals surface area contributed by atoms with Gasteiger partial charge in [0.25, 0.3) is 5.91 Å². The molecule has 2 amide bonds. The Morgan fingerprint density at radius 1 is 1.45 bits per heavy atom. The molecule has 2 fully saturated rings. The van der Waals surface area contributed by atoms with Crippen molar-refractivity contribution in [2.45, 2.75) is 51.2 Å². The van der Waals surface area contributed by atoms with E-state index in [0.717, 1.165) is 32.2 Å². The number of aryl methyl sites for hydroxylation is 1. The smallest absolute Gasteiger partial charge is 0.257 e. The van der Waals surface area contributed by atoms with Crippen molar-refractivity contribution in [3.05, 3.63) is 18.0 Å². The first kappa shape index (κ1) is 13.1. The van der Waals surface area contributed by atoms with E-state index in [1.54, 1.807) is 22.0 Å². The van der Waals surface area contributed by atoms with Crippen LogP contribution in [-0.4, -0.2) is 45.1 Å². The Morgan fingerprint density at radius 3 is 3.00 bits per heavy atom. The van der Waals surface area contributed by atoms with E-state index in [1.807, 2.05) is 6.92 Å². The molecule has 2 atom stereocenters. The Kier molecular flexibility index (Phi) is 3.46. The molecule has 1 saturated heterocycles. The van der Waals surface area contributed by atoms with Gasteiger partial charge in [0, 0.05) is 18.8 Å². The van der Waals surface area contributed by atoms with Gasteiger partial charge in [-0.1, -0.05) is 12.8 Å². The first-order chi connectivity index (χ1) is 9.69. The van der Waals surface area contributed by atoms with Crippen LogP contribution in [0.2, 0.25) is 0 Å². The summed E-state index contributed by atoms with van der Waals surface area (Å²) in [5.41, 5.74) is 0.575. The van der Waals surface area contributed by atoms with Crippen LogP contribution in [0.15, 0.2) is 12.4 Å². The number of aromatic nitrogens is 2. The van der Waals surface area contributed by atoms with Gasteiger partial charge in [0.05, 0.1) is 17.8 Å². The van der Waals surface area contributed by atoms with Gasteiger partial charge in [-0.25, -0.2) is 0 Å². The number of piperazine rings is 1. The normalized spacial score (nSPS) is 26.1. The zero-order valence-electron chi connectivity index (χ0n) is 11.7. The van der Waals surface area contributed by atoms with E-state index in [4.69, 9.17) is 0 Å². The second-order valence-electron chi connectivity index (χ2n) is 5.54. The molecule has 0 spiro atoms. The molecule has 0 unspecified atom stereocenters.